The van der Waals surface area contributed by atoms with Crippen molar-refractivity contribution in [2.45, 2.75) is 19.8 Å². The van der Waals surface area contributed by atoms with Crippen molar-refractivity contribution in [3.05, 3.63) is 40.5 Å². The Morgan fingerprint density at radius 1 is 1.43 bits per heavy atom. The molecule has 1 aromatic carbocycles. The second kappa shape index (κ2) is 6.80. The molecule has 8 nitrogen and oxygen atoms in total. The minimum absolute atomic E-state index is 0.0237. The maximum atomic E-state index is 10.9. The van der Waals surface area contributed by atoms with Crippen LogP contribution in [0.15, 0.2) is 24.5 Å². The van der Waals surface area contributed by atoms with Gasteiger partial charge in [0.25, 0.3) is 5.69 Å². The van der Waals surface area contributed by atoms with E-state index in [0.717, 1.165) is 12.8 Å². The van der Waals surface area contributed by atoms with E-state index in [1.54, 1.807) is 19.3 Å². The SMILES string of the molecule is Cc1ncn(-c2ccc([N+](=O)[O-])cc2OCCCCN)n1. The minimum atomic E-state index is -0.455. The number of nitrogens with zero attached hydrogens (tertiary/aromatic N) is 4. The van der Waals surface area contributed by atoms with E-state index >= 15 is 0 Å². The highest BCUT2D eigenvalue weighted by molar-refractivity contribution is 5.52. The van der Waals surface area contributed by atoms with E-state index < -0.39 is 4.92 Å². The van der Waals surface area contributed by atoms with E-state index in [1.165, 1.54) is 16.8 Å². The molecular weight excluding hydrogens is 274 g/mol. The molecule has 0 aliphatic carbocycles. The smallest absolute Gasteiger partial charge is 0.273 e. The van der Waals surface area contributed by atoms with Crippen LogP contribution in [0.25, 0.3) is 5.69 Å². The quantitative estimate of drug-likeness (QED) is 0.471. The molecule has 8 heteroatoms. The first-order valence-corrected chi connectivity index (χ1v) is 6.62. The number of nitrogens with two attached hydrogens (primary N) is 1. The fourth-order valence-electron chi connectivity index (χ4n) is 1.81. The molecule has 0 aliphatic rings. The van der Waals surface area contributed by atoms with Crippen LogP contribution in [0.3, 0.4) is 0 Å². The number of non-ortho nitro benzene ring substituents is 1. The Kier molecular flexibility index (Phi) is 4.83. The average Bonchev–Trinajstić information content (AvgIpc) is 2.89. The summed E-state index contributed by atoms with van der Waals surface area (Å²) in [4.78, 5) is 14.5. The maximum Gasteiger partial charge on any atom is 0.273 e. The van der Waals surface area contributed by atoms with Gasteiger partial charge in [0.2, 0.25) is 0 Å². The Morgan fingerprint density at radius 3 is 2.86 bits per heavy atom. The van der Waals surface area contributed by atoms with Crippen LogP contribution >= 0.6 is 0 Å². The van der Waals surface area contributed by atoms with Gasteiger partial charge in [-0.15, -0.1) is 0 Å². The number of nitro benzene ring substituents is 1. The van der Waals surface area contributed by atoms with Gasteiger partial charge >= 0.3 is 0 Å². The van der Waals surface area contributed by atoms with Gasteiger partial charge in [-0.1, -0.05) is 0 Å². The van der Waals surface area contributed by atoms with Gasteiger partial charge in [0.05, 0.1) is 17.6 Å². The molecule has 0 unspecified atom stereocenters. The molecule has 1 aromatic heterocycles. The molecule has 0 atom stereocenters. The molecule has 2 N–H and O–H groups in total. The van der Waals surface area contributed by atoms with E-state index in [2.05, 4.69) is 10.1 Å². The first-order chi connectivity index (χ1) is 10.1. The van der Waals surface area contributed by atoms with E-state index in [0.29, 0.717) is 30.4 Å². The molecule has 0 saturated carbocycles. The lowest BCUT2D eigenvalue weighted by Gasteiger charge is -2.10. The second-order valence-corrected chi connectivity index (χ2v) is 4.49. The Hall–Kier alpha value is -2.48. The molecule has 1 heterocycles. The van der Waals surface area contributed by atoms with Crippen molar-refractivity contribution >= 4 is 5.69 Å². The van der Waals surface area contributed by atoms with Gasteiger partial charge in [0, 0.05) is 6.07 Å². The fraction of sp³-hybridized carbons (Fsp3) is 0.385. The van der Waals surface area contributed by atoms with Crippen LogP contribution < -0.4 is 10.5 Å². The van der Waals surface area contributed by atoms with E-state index in [9.17, 15) is 10.1 Å². The number of aromatic nitrogens is 3. The third-order valence-corrected chi connectivity index (χ3v) is 2.86. The summed E-state index contributed by atoms with van der Waals surface area (Å²) >= 11 is 0. The van der Waals surface area contributed by atoms with Crippen molar-refractivity contribution in [2.24, 2.45) is 5.73 Å². The topological polar surface area (TPSA) is 109 Å². The summed E-state index contributed by atoms with van der Waals surface area (Å²) in [6, 6.07) is 4.42. The predicted molar refractivity (Wildman–Crippen MR) is 76.5 cm³/mol. The van der Waals surface area contributed by atoms with E-state index in [-0.39, 0.29) is 5.69 Å². The molecule has 0 radical (unpaired) electrons. The maximum absolute atomic E-state index is 10.9. The van der Waals surface area contributed by atoms with Crippen LogP contribution in [0.4, 0.5) is 5.69 Å². The Bertz CT molecular complexity index is 626. The Balaban J connectivity index is 2.27. The molecule has 0 bridgehead atoms. The van der Waals surface area contributed by atoms with Crippen molar-refractivity contribution in [2.75, 3.05) is 13.2 Å². The number of hydrogen-bond acceptors (Lipinski definition) is 6. The van der Waals surface area contributed by atoms with Crippen LogP contribution in [-0.2, 0) is 0 Å². The highest BCUT2D eigenvalue weighted by Crippen LogP contribution is 2.27. The Labute approximate surface area is 121 Å². The first-order valence-electron chi connectivity index (χ1n) is 6.62. The number of unbranched alkanes of at least 4 members (excludes halogenated alkanes) is 1. The molecule has 112 valence electrons. The number of nitro groups is 1. The predicted octanol–water partition coefficient (Wildman–Crippen LogP) is 1.60. The first kappa shape index (κ1) is 14.9. The van der Waals surface area contributed by atoms with Gasteiger partial charge in [-0.05, 0) is 32.4 Å². The highest BCUT2D eigenvalue weighted by atomic mass is 16.6. The number of aryl methyl sites for hydroxylation is 1. The highest BCUT2D eigenvalue weighted by Gasteiger charge is 2.14. The summed E-state index contributed by atoms with van der Waals surface area (Å²) in [5.74, 6) is 1.02. The van der Waals surface area contributed by atoms with Crippen LogP contribution in [0.2, 0.25) is 0 Å². The van der Waals surface area contributed by atoms with E-state index in [1.807, 2.05) is 0 Å². The van der Waals surface area contributed by atoms with Crippen LogP contribution in [0.1, 0.15) is 18.7 Å². The lowest BCUT2D eigenvalue weighted by Crippen LogP contribution is -2.06. The normalized spacial score (nSPS) is 10.6. The van der Waals surface area contributed by atoms with Crippen LogP contribution in [0, 0.1) is 17.0 Å². The van der Waals surface area contributed by atoms with Crippen LogP contribution in [0.5, 0.6) is 5.75 Å². The molecule has 0 fully saturated rings. The zero-order valence-electron chi connectivity index (χ0n) is 11.7. The van der Waals surface area contributed by atoms with Gasteiger partial charge < -0.3 is 10.5 Å². The lowest BCUT2D eigenvalue weighted by molar-refractivity contribution is -0.384. The molecule has 0 aliphatic heterocycles. The van der Waals surface area contributed by atoms with Gasteiger partial charge in [-0.2, -0.15) is 5.10 Å². The zero-order valence-corrected chi connectivity index (χ0v) is 11.7. The minimum Gasteiger partial charge on any atom is -0.491 e. The van der Waals surface area contributed by atoms with Gasteiger partial charge in [-0.3, -0.25) is 10.1 Å². The number of ether oxygens (including phenoxy) is 1. The van der Waals surface area contributed by atoms with Gasteiger partial charge in [0.15, 0.2) is 5.75 Å². The van der Waals surface area contributed by atoms with E-state index in [4.69, 9.17) is 10.5 Å². The second-order valence-electron chi connectivity index (χ2n) is 4.49. The zero-order chi connectivity index (χ0) is 15.2. The number of rotatable bonds is 7. The standard InChI is InChI=1S/C13H17N5O3/c1-10-15-9-17(16-10)12-5-4-11(18(19)20)8-13(12)21-7-3-2-6-14/h4-5,8-9H,2-3,6-7,14H2,1H3. The van der Waals surface area contributed by atoms with Crippen molar-refractivity contribution in [1.82, 2.24) is 14.8 Å². The summed E-state index contributed by atoms with van der Waals surface area (Å²) in [5, 5.41) is 15.1. The molecule has 0 spiro atoms. The third-order valence-electron chi connectivity index (χ3n) is 2.86. The summed E-state index contributed by atoms with van der Waals surface area (Å²) in [6.07, 6.45) is 3.17. The van der Waals surface area contributed by atoms with Gasteiger partial charge in [-0.25, -0.2) is 9.67 Å². The number of hydrogen-bond donors (Lipinski definition) is 1. The molecule has 21 heavy (non-hydrogen) atoms. The molecule has 2 aromatic rings. The van der Waals surface area contributed by atoms with Crippen molar-refractivity contribution in [1.29, 1.82) is 0 Å². The largest absolute Gasteiger partial charge is 0.491 e. The summed E-state index contributed by atoms with van der Waals surface area (Å²) < 4.78 is 7.18. The van der Waals surface area contributed by atoms with Crippen molar-refractivity contribution in [3.8, 4) is 11.4 Å². The molecule has 0 amide bonds. The average molecular weight is 291 g/mol. The van der Waals surface area contributed by atoms with Gasteiger partial charge in [0.1, 0.15) is 17.8 Å². The third kappa shape index (κ3) is 3.76. The molecule has 0 saturated heterocycles. The monoisotopic (exact) mass is 291 g/mol. The Morgan fingerprint density at radius 2 is 2.24 bits per heavy atom. The molecule has 2 rings (SSSR count). The summed E-state index contributed by atoms with van der Waals surface area (Å²) in [6.45, 7) is 2.80. The van der Waals surface area contributed by atoms with Crippen LogP contribution in [-0.4, -0.2) is 32.8 Å². The lowest BCUT2D eigenvalue weighted by atomic mass is 10.2. The summed E-state index contributed by atoms with van der Waals surface area (Å²) in [5.41, 5.74) is 6.02. The fourth-order valence-corrected chi connectivity index (χ4v) is 1.81. The molecular formula is C13H17N5O3. The van der Waals surface area contributed by atoms with Crippen molar-refractivity contribution in [3.63, 3.8) is 0 Å². The van der Waals surface area contributed by atoms with Crippen molar-refractivity contribution < 1.29 is 9.66 Å². The summed E-state index contributed by atoms with van der Waals surface area (Å²) in [7, 11) is 0. The number of benzene rings is 1.